The Kier molecular flexibility index (Phi) is 5.61. The van der Waals surface area contributed by atoms with Crippen molar-refractivity contribution in [3.63, 3.8) is 0 Å². The highest BCUT2D eigenvalue weighted by Crippen LogP contribution is 2.43. The average Bonchev–Trinajstić information content (AvgIpc) is 2.43. The van der Waals surface area contributed by atoms with Gasteiger partial charge in [0.2, 0.25) is 0 Å². The molecule has 1 aliphatic heterocycles. The van der Waals surface area contributed by atoms with E-state index in [4.69, 9.17) is 9.97 Å². The number of nitrogens with one attached hydrogen (secondary N) is 1. The molecule has 0 aromatic carbocycles. The molecule has 0 bridgehead atoms. The predicted molar refractivity (Wildman–Crippen MR) is 92.0 cm³/mol. The average molecular weight is 312 g/mol. The fraction of sp³-hybridized carbons (Fsp3) is 0.733. The van der Waals surface area contributed by atoms with E-state index in [1.54, 1.807) is 0 Å². The number of aromatic nitrogens is 2. The number of nitrogens with zero attached hydrogens (tertiary/aromatic N) is 2. The molecule has 1 fully saturated rings. The second kappa shape index (κ2) is 7.03. The number of thioether (sulfide) groups is 2. The Morgan fingerprint density at radius 3 is 2.60 bits per heavy atom. The molecule has 2 heterocycles. The lowest BCUT2D eigenvalue weighted by molar-refractivity contribution is 0.844. The SMILES string of the molecule is CCCNc1nc(C2CSC(C)C(C)S2)nc(C)c1C. The maximum Gasteiger partial charge on any atom is 0.144 e. The highest BCUT2D eigenvalue weighted by Gasteiger charge is 2.29. The van der Waals surface area contributed by atoms with Crippen LogP contribution in [0.2, 0.25) is 0 Å². The third-order valence-electron chi connectivity index (χ3n) is 3.79. The fourth-order valence-electron chi connectivity index (χ4n) is 2.13. The number of hydrogen-bond donors (Lipinski definition) is 1. The molecule has 2 rings (SSSR count). The highest BCUT2D eigenvalue weighted by molar-refractivity contribution is 8.07. The van der Waals surface area contributed by atoms with Crippen LogP contribution in [-0.2, 0) is 0 Å². The van der Waals surface area contributed by atoms with Crippen molar-refractivity contribution in [2.24, 2.45) is 0 Å². The van der Waals surface area contributed by atoms with Crippen LogP contribution in [0.3, 0.4) is 0 Å². The summed E-state index contributed by atoms with van der Waals surface area (Å²) >= 11 is 4.06. The summed E-state index contributed by atoms with van der Waals surface area (Å²) in [5.41, 5.74) is 2.28. The standard InChI is InChI=1S/C15H25N3S2/c1-6-7-16-14-9(2)10(3)17-15(18-14)13-8-19-11(4)12(5)20-13/h11-13H,6-8H2,1-5H3,(H,16,17,18). The first-order valence-corrected chi connectivity index (χ1v) is 9.38. The Hall–Kier alpha value is -0.420. The van der Waals surface area contributed by atoms with E-state index in [9.17, 15) is 0 Å². The van der Waals surface area contributed by atoms with Gasteiger partial charge in [0.25, 0.3) is 0 Å². The van der Waals surface area contributed by atoms with Gasteiger partial charge in [-0.3, -0.25) is 0 Å². The lowest BCUT2D eigenvalue weighted by atomic mass is 10.2. The lowest BCUT2D eigenvalue weighted by Crippen LogP contribution is -2.23. The van der Waals surface area contributed by atoms with E-state index in [0.29, 0.717) is 10.5 Å². The van der Waals surface area contributed by atoms with E-state index in [1.165, 1.54) is 5.56 Å². The number of hydrogen-bond acceptors (Lipinski definition) is 5. The molecule has 1 aromatic rings. The van der Waals surface area contributed by atoms with Crippen molar-refractivity contribution in [2.45, 2.75) is 56.8 Å². The van der Waals surface area contributed by atoms with E-state index in [2.05, 4.69) is 39.9 Å². The van der Waals surface area contributed by atoms with Crippen molar-refractivity contribution < 1.29 is 0 Å². The van der Waals surface area contributed by atoms with Crippen molar-refractivity contribution in [3.05, 3.63) is 17.1 Å². The molecule has 0 radical (unpaired) electrons. The first kappa shape index (κ1) is 16.0. The fourth-order valence-corrected chi connectivity index (χ4v) is 4.97. The van der Waals surface area contributed by atoms with Crippen LogP contribution < -0.4 is 5.32 Å². The van der Waals surface area contributed by atoms with Crippen LogP contribution in [0.1, 0.15) is 49.5 Å². The molecule has 0 amide bonds. The van der Waals surface area contributed by atoms with Crippen molar-refractivity contribution in [1.29, 1.82) is 0 Å². The molecule has 3 unspecified atom stereocenters. The molecule has 1 N–H and O–H groups in total. The first-order valence-electron chi connectivity index (χ1n) is 7.39. The van der Waals surface area contributed by atoms with Crippen molar-refractivity contribution in [3.8, 4) is 0 Å². The smallest absolute Gasteiger partial charge is 0.144 e. The van der Waals surface area contributed by atoms with Crippen LogP contribution in [0.5, 0.6) is 0 Å². The zero-order valence-corrected chi connectivity index (χ0v) is 14.7. The molecule has 0 spiro atoms. The third kappa shape index (κ3) is 3.61. The van der Waals surface area contributed by atoms with Gasteiger partial charge in [0.1, 0.15) is 11.6 Å². The Morgan fingerprint density at radius 2 is 1.95 bits per heavy atom. The molecular weight excluding hydrogens is 286 g/mol. The van der Waals surface area contributed by atoms with Crippen LogP contribution in [0, 0.1) is 13.8 Å². The highest BCUT2D eigenvalue weighted by atomic mass is 32.2. The summed E-state index contributed by atoms with van der Waals surface area (Å²) in [6.07, 6.45) is 1.11. The maximum atomic E-state index is 4.80. The summed E-state index contributed by atoms with van der Waals surface area (Å²) in [6.45, 7) is 12.0. The topological polar surface area (TPSA) is 37.8 Å². The minimum absolute atomic E-state index is 0.424. The first-order chi connectivity index (χ1) is 9.52. The van der Waals surface area contributed by atoms with Crippen molar-refractivity contribution in [2.75, 3.05) is 17.6 Å². The van der Waals surface area contributed by atoms with Gasteiger partial charge < -0.3 is 5.32 Å². The van der Waals surface area contributed by atoms with E-state index < -0.39 is 0 Å². The number of rotatable bonds is 4. The predicted octanol–water partition coefficient (Wildman–Crippen LogP) is 4.21. The maximum absolute atomic E-state index is 4.80. The van der Waals surface area contributed by atoms with Crippen LogP contribution >= 0.6 is 23.5 Å². The molecule has 1 aromatic heterocycles. The van der Waals surface area contributed by atoms with E-state index in [1.807, 2.05) is 23.5 Å². The summed E-state index contributed by atoms with van der Waals surface area (Å²) < 4.78 is 0. The molecule has 1 aliphatic rings. The second-order valence-electron chi connectivity index (χ2n) is 5.44. The summed E-state index contributed by atoms with van der Waals surface area (Å²) in [5.74, 6) is 3.14. The number of anilines is 1. The van der Waals surface area contributed by atoms with Gasteiger partial charge in [-0.05, 0) is 20.3 Å². The molecular formula is C15H25N3S2. The Labute approximate surface area is 131 Å². The summed E-state index contributed by atoms with van der Waals surface area (Å²) in [5, 5.41) is 5.25. The molecule has 0 saturated carbocycles. The Bertz CT molecular complexity index is 465. The molecule has 5 heteroatoms. The minimum atomic E-state index is 0.424. The third-order valence-corrected chi connectivity index (χ3v) is 7.17. The summed E-state index contributed by atoms with van der Waals surface area (Å²) in [4.78, 5) is 9.54. The van der Waals surface area contributed by atoms with E-state index in [-0.39, 0.29) is 0 Å². The Morgan fingerprint density at radius 1 is 1.20 bits per heavy atom. The van der Waals surface area contributed by atoms with Crippen molar-refractivity contribution in [1.82, 2.24) is 9.97 Å². The zero-order chi connectivity index (χ0) is 14.7. The van der Waals surface area contributed by atoms with Crippen LogP contribution in [-0.4, -0.2) is 32.8 Å². The molecule has 20 heavy (non-hydrogen) atoms. The molecule has 112 valence electrons. The molecule has 3 nitrogen and oxygen atoms in total. The van der Waals surface area contributed by atoms with Gasteiger partial charge in [0.05, 0.1) is 5.25 Å². The van der Waals surface area contributed by atoms with Gasteiger partial charge in [0.15, 0.2) is 0 Å². The lowest BCUT2D eigenvalue weighted by Gasteiger charge is -2.30. The van der Waals surface area contributed by atoms with Crippen LogP contribution in [0.25, 0.3) is 0 Å². The monoisotopic (exact) mass is 311 g/mol. The quantitative estimate of drug-likeness (QED) is 0.901. The zero-order valence-electron chi connectivity index (χ0n) is 13.1. The minimum Gasteiger partial charge on any atom is -0.370 e. The van der Waals surface area contributed by atoms with Crippen LogP contribution in [0.15, 0.2) is 0 Å². The summed E-state index contributed by atoms with van der Waals surface area (Å²) in [7, 11) is 0. The van der Waals surface area contributed by atoms with Crippen molar-refractivity contribution >= 4 is 29.3 Å². The van der Waals surface area contributed by atoms with Gasteiger partial charge in [-0.2, -0.15) is 11.8 Å². The van der Waals surface area contributed by atoms with E-state index in [0.717, 1.165) is 41.3 Å². The van der Waals surface area contributed by atoms with Gasteiger partial charge in [-0.15, -0.1) is 11.8 Å². The van der Waals surface area contributed by atoms with E-state index >= 15 is 0 Å². The van der Waals surface area contributed by atoms with Gasteiger partial charge in [-0.25, -0.2) is 9.97 Å². The molecule has 3 atom stereocenters. The summed E-state index contributed by atoms with van der Waals surface area (Å²) in [6, 6.07) is 0. The molecule has 0 aliphatic carbocycles. The number of aryl methyl sites for hydroxylation is 1. The van der Waals surface area contributed by atoms with Gasteiger partial charge >= 0.3 is 0 Å². The molecule has 1 saturated heterocycles. The van der Waals surface area contributed by atoms with Gasteiger partial charge in [-0.1, -0.05) is 20.8 Å². The second-order valence-corrected chi connectivity index (χ2v) is 8.43. The van der Waals surface area contributed by atoms with Gasteiger partial charge in [0, 0.05) is 34.1 Å². The largest absolute Gasteiger partial charge is 0.370 e. The Balaban J connectivity index is 2.21. The normalized spacial score (nSPS) is 26.6. The van der Waals surface area contributed by atoms with Crippen LogP contribution in [0.4, 0.5) is 5.82 Å².